The second-order valence-corrected chi connectivity index (χ2v) is 4.10. The molecule has 0 fully saturated rings. The molecule has 0 bridgehead atoms. The van der Waals surface area contributed by atoms with E-state index in [-0.39, 0.29) is 5.82 Å². The zero-order valence-electron chi connectivity index (χ0n) is 10.1. The van der Waals surface area contributed by atoms with Gasteiger partial charge in [-0.3, -0.25) is 0 Å². The van der Waals surface area contributed by atoms with Gasteiger partial charge in [0.15, 0.2) is 0 Å². The Balaban J connectivity index is 1.93. The van der Waals surface area contributed by atoms with Gasteiger partial charge in [-0.15, -0.1) is 0 Å². The minimum Gasteiger partial charge on any atom is -0.489 e. The zero-order chi connectivity index (χ0) is 12.8. The summed E-state index contributed by atoms with van der Waals surface area (Å²) in [4.78, 5) is 0. The summed E-state index contributed by atoms with van der Waals surface area (Å²) in [6.45, 7) is 1.01. The van der Waals surface area contributed by atoms with E-state index in [9.17, 15) is 4.39 Å². The molecule has 0 aliphatic rings. The molecule has 0 unspecified atom stereocenters. The molecule has 0 spiro atoms. The van der Waals surface area contributed by atoms with Crippen LogP contribution in [-0.4, -0.2) is 6.54 Å². The zero-order valence-corrected chi connectivity index (χ0v) is 10.1. The number of nitrogens with two attached hydrogens (primary N) is 1. The maximum absolute atomic E-state index is 13.0. The normalized spacial score (nSPS) is 10.3. The second kappa shape index (κ2) is 6.17. The van der Waals surface area contributed by atoms with Crippen LogP contribution in [0.4, 0.5) is 4.39 Å². The van der Waals surface area contributed by atoms with Crippen molar-refractivity contribution < 1.29 is 9.13 Å². The minimum absolute atomic E-state index is 0.241. The molecule has 2 N–H and O–H groups in total. The molecule has 2 aromatic carbocycles. The fraction of sp³-hybridized carbons (Fsp3) is 0.200. The fourth-order valence-electron chi connectivity index (χ4n) is 1.71. The van der Waals surface area contributed by atoms with Crippen LogP contribution in [0.25, 0.3) is 0 Å². The molecule has 2 aromatic rings. The third kappa shape index (κ3) is 3.57. The Morgan fingerprint density at radius 2 is 1.78 bits per heavy atom. The van der Waals surface area contributed by atoms with Crippen molar-refractivity contribution in [2.75, 3.05) is 6.54 Å². The molecule has 3 heteroatoms. The first-order valence-electron chi connectivity index (χ1n) is 5.94. The monoisotopic (exact) mass is 245 g/mol. The van der Waals surface area contributed by atoms with Crippen LogP contribution >= 0.6 is 0 Å². The molecular weight excluding hydrogens is 229 g/mol. The van der Waals surface area contributed by atoms with Crippen molar-refractivity contribution in [3.05, 3.63) is 65.5 Å². The van der Waals surface area contributed by atoms with E-state index in [1.807, 2.05) is 30.3 Å². The second-order valence-electron chi connectivity index (χ2n) is 4.10. The topological polar surface area (TPSA) is 35.2 Å². The lowest BCUT2D eigenvalue weighted by atomic mass is 10.1. The van der Waals surface area contributed by atoms with Crippen LogP contribution in [0, 0.1) is 5.82 Å². The lowest BCUT2D eigenvalue weighted by Gasteiger charge is -2.07. The summed E-state index contributed by atoms with van der Waals surface area (Å²) in [6.07, 6.45) is 0.865. The van der Waals surface area contributed by atoms with Crippen LogP contribution in [0.15, 0.2) is 48.5 Å². The summed E-state index contributed by atoms with van der Waals surface area (Å²) in [5.74, 6) is 0.537. The van der Waals surface area contributed by atoms with Crippen molar-refractivity contribution in [3.8, 4) is 5.75 Å². The highest BCUT2D eigenvalue weighted by Gasteiger charge is 1.98. The summed E-state index contributed by atoms with van der Waals surface area (Å²) in [5, 5.41) is 0. The van der Waals surface area contributed by atoms with Crippen LogP contribution < -0.4 is 10.5 Å². The lowest BCUT2D eigenvalue weighted by molar-refractivity contribution is 0.305. The number of hydrogen-bond donors (Lipinski definition) is 1. The summed E-state index contributed by atoms with van der Waals surface area (Å²) in [6, 6.07) is 14.2. The van der Waals surface area contributed by atoms with E-state index in [2.05, 4.69) is 0 Å². The van der Waals surface area contributed by atoms with Gasteiger partial charge in [0.1, 0.15) is 18.2 Å². The molecule has 18 heavy (non-hydrogen) atoms. The highest BCUT2D eigenvalue weighted by Crippen LogP contribution is 2.14. The van der Waals surface area contributed by atoms with Gasteiger partial charge in [0.25, 0.3) is 0 Å². The van der Waals surface area contributed by atoms with E-state index in [0.29, 0.717) is 13.2 Å². The molecule has 2 nitrogen and oxygen atoms in total. The van der Waals surface area contributed by atoms with Gasteiger partial charge in [-0.2, -0.15) is 0 Å². The van der Waals surface area contributed by atoms with Crippen molar-refractivity contribution in [2.45, 2.75) is 13.0 Å². The highest BCUT2D eigenvalue weighted by molar-refractivity contribution is 5.28. The van der Waals surface area contributed by atoms with Crippen molar-refractivity contribution in [2.24, 2.45) is 5.73 Å². The van der Waals surface area contributed by atoms with Crippen LogP contribution in [-0.2, 0) is 13.0 Å². The summed E-state index contributed by atoms with van der Waals surface area (Å²) < 4.78 is 18.5. The number of benzene rings is 2. The molecule has 0 saturated carbocycles. The number of hydrogen-bond acceptors (Lipinski definition) is 2. The Bertz CT molecular complexity index is 496. The summed E-state index contributed by atoms with van der Waals surface area (Å²) >= 11 is 0. The van der Waals surface area contributed by atoms with Crippen LogP contribution in [0.5, 0.6) is 5.75 Å². The minimum atomic E-state index is -0.241. The Labute approximate surface area is 106 Å². The standard InChI is InChI=1S/C15H16FNO/c16-14-3-1-2-13(10-14)11-18-15-6-4-12(5-7-15)8-9-17/h1-7,10H,8-9,11,17H2. The molecule has 94 valence electrons. The average molecular weight is 245 g/mol. The Morgan fingerprint density at radius 1 is 1.00 bits per heavy atom. The number of halogens is 1. The third-order valence-corrected chi connectivity index (χ3v) is 2.65. The third-order valence-electron chi connectivity index (χ3n) is 2.65. The summed E-state index contributed by atoms with van der Waals surface area (Å²) in [7, 11) is 0. The van der Waals surface area contributed by atoms with E-state index >= 15 is 0 Å². The van der Waals surface area contributed by atoms with Gasteiger partial charge in [0, 0.05) is 0 Å². The average Bonchev–Trinajstić information content (AvgIpc) is 2.38. The Kier molecular flexibility index (Phi) is 4.31. The fourth-order valence-corrected chi connectivity index (χ4v) is 1.71. The van der Waals surface area contributed by atoms with Gasteiger partial charge < -0.3 is 10.5 Å². The quantitative estimate of drug-likeness (QED) is 0.879. The largest absolute Gasteiger partial charge is 0.489 e. The van der Waals surface area contributed by atoms with E-state index in [1.54, 1.807) is 6.07 Å². The smallest absolute Gasteiger partial charge is 0.123 e. The maximum atomic E-state index is 13.0. The number of rotatable bonds is 5. The van der Waals surface area contributed by atoms with Gasteiger partial charge in [0.2, 0.25) is 0 Å². The first-order chi connectivity index (χ1) is 8.78. The van der Waals surface area contributed by atoms with E-state index < -0.39 is 0 Å². The van der Waals surface area contributed by atoms with Gasteiger partial charge in [-0.1, -0.05) is 24.3 Å². The van der Waals surface area contributed by atoms with Crippen molar-refractivity contribution in [1.82, 2.24) is 0 Å². The van der Waals surface area contributed by atoms with E-state index in [0.717, 1.165) is 17.7 Å². The first kappa shape index (κ1) is 12.6. The highest BCUT2D eigenvalue weighted by atomic mass is 19.1. The molecule has 0 aromatic heterocycles. The predicted octanol–water partition coefficient (Wildman–Crippen LogP) is 2.91. The molecule has 0 saturated heterocycles. The Hall–Kier alpha value is -1.87. The van der Waals surface area contributed by atoms with Crippen LogP contribution in [0.1, 0.15) is 11.1 Å². The molecule has 0 heterocycles. The number of ether oxygens (including phenoxy) is 1. The van der Waals surface area contributed by atoms with Gasteiger partial charge in [-0.25, -0.2) is 4.39 Å². The maximum Gasteiger partial charge on any atom is 0.123 e. The van der Waals surface area contributed by atoms with E-state index in [4.69, 9.17) is 10.5 Å². The first-order valence-corrected chi connectivity index (χ1v) is 5.94. The van der Waals surface area contributed by atoms with E-state index in [1.165, 1.54) is 17.7 Å². The van der Waals surface area contributed by atoms with Crippen molar-refractivity contribution in [1.29, 1.82) is 0 Å². The molecule has 0 atom stereocenters. The molecular formula is C15H16FNO. The molecule has 2 rings (SSSR count). The predicted molar refractivity (Wildman–Crippen MR) is 69.9 cm³/mol. The van der Waals surface area contributed by atoms with Gasteiger partial charge in [-0.05, 0) is 48.4 Å². The van der Waals surface area contributed by atoms with Gasteiger partial charge in [0.05, 0.1) is 0 Å². The molecule has 0 aliphatic heterocycles. The molecule has 0 radical (unpaired) electrons. The van der Waals surface area contributed by atoms with Gasteiger partial charge >= 0.3 is 0 Å². The van der Waals surface area contributed by atoms with Crippen molar-refractivity contribution in [3.63, 3.8) is 0 Å². The Morgan fingerprint density at radius 3 is 2.44 bits per heavy atom. The summed E-state index contributed by atoms with van der Waals surface area (Å²) in [5.41, 5.74) is 7.49. The SMILES string of the molecule is NCCc1ccc(OCc2cccc(F)c2)cc1. The molecule has 0 amide bonds. The molecule has 0 aliphatic carbocycles. The van der Waals surface area contributed by atoms with Crippen LogP contribution in [0.3, 0.4) is 0 Å². The van der Waals surface area contributed by atoms with Crippen LogP contribution in [0.2, 0.25) is 0 Å². The lowest BCUT2D eigenvalue weighted by Crippen LogP contribution is -2.02. The van der Waals surface area contributed by atoms with Crippen molar-refractivity contribution >= 4 is 0 Å².